The van der Waals surface area contributed by atoms with Crippen molar-refractivity contribution in [3.63, 3.8) is 0 Å². The first kappa shape index (κ1) is 21.5. The van der Waals surface area contributed by atoms with Gasteiger partial charge in [-0.05, 0) is 25.1 Å². The number of Topliss-reactive ketones (excluding diaryl/α,β-unsaturated/α-hetero) is 1. The molecule has 1 unspecified atom stereocenters. The molecule has 0 amide bonds. The lowest BCUT2D eigenvalue weighted by Crippen LogP contribution is -2.20. The molecule has 0 saturated carbocycles. The van der Waals surface area contributed by atoms with Crippen LogP contribution in [-0.2, 0) is 16.1 Å². The molecule has 1 aromatic heterocycles. The number of para-hydroxylation sites is 1. The Bertz CT molecular complexity index is 1110. The van der Waals surface area contributed by atoms with Gasteiger partial charge in [-0.2, -0.15) is 5.26 Å². The molecular formula is C22H17ClN2O4S. The Labute approximate surface area is 182 Å². The summed E-state index contributed by atoms with van der Waals surface area (Å²) in [6.07, 6.45) is 0. The van der Waals surface area contributed by atoms with Crippen molar-refractivity contribution in [2.45, 2.75) is 19.4 Å². The van der Waals surface area contributed by atoms with Crippen molar-refractivity contribution < 1.29 is 19.1 Å². The molecule has 0 saturated heterocycles. The third kappa shape index (κ3) is 5.23. The summed E-state index contributed by atoms with van der Waals surface area (Å²) in [4.78, 5) is 29.1. The second kappa shape index (κ2) is 10.0. The summed E-state index contributed by atoms with van der Waals surface area (Å²) in [5.74, 6) is -2.01. The van der Waals surface area contributed by atoms with Gasteiger partial charge in [0, 0.05) is 21.7 Å². The molecule has 0 aliphatic carbocycles. The van der Waals surface area contributed by atoms with Crippen LogP contribution in [0.15, 0.2) is 53.9 Å². The number of carbonyl (C=O) groups excluding carboxylic acids is 2. The minimum absolute atomic E-state index is 0.169. The maximum absolute atomic E-state index is 12.5. The molecule has 1 atom stereocenters. The van der Waals surface area contributed by atoms with Crippen LogP contribution in [0.25, 0.3) is 0 Å². The largest absolute Gasteiger partial charge is 0.488 e. The molecular weight excluding hydrogens is 424 g/mol. The van der Waals surface area contributed by atoms with Gasteiger partial charge in [0.1, 0.15) is 22.9 Å². The molecule has 0 bridgehead atoms. The molecule has 2 aromatic carbocycles. The fourth-order valence-electron chi connectivity index (χ4n) is 2.60. The number of rotatable bonds is 8. The highest BCUT2D eigenvalue weighted by Crippen LogP contribution is 2.24. The van der Waals surface area contributed by atoms with Crippen molar-refractivity contribution in [2.75, 3.05) is 6.61 Å². The van der Waals surface area contributed by atoms with Crippen LogP contribution in [0.5, 0.6) is 5.75 Å². The minimum Gasteiger partial charge on any atom is -0.488 e. The molecule has 8 heteroatoms. The number of hydrogen-bond acceptors (Lipinski definition) is 7. The van der Waals surface area contributed by atoms with E-state index in [1.165, 1.54) is 11.3 Å². The highest BCUT2D eigenvalue weighted by Gasteiger charge is 2.25. The van der Waals surface area contributed by atoms with Crippen molar-refractivity contribution in [1.82, 2.24) is 4.98 Å². The fourth-order valence-corrected chi connectivity index (χ4v) is 3.65. The van der Waals surface area contributed by atoms with Crippen molar-refractivity contribution in [3.05, 3.63) is 80.8 Å². The number of esters is 1. The molecule has 152 valence electrons. The van der Waals surface area contributed by atoms with E-state index in [4.69, 9.17) is 21.1 Å². The van der Waals surface area contributed by atoms with Crippen molar-refractivity contribution in [2.24, 2.45) is 0 Å². The van der Waals surface area contributed by atoms with Crippen LogP contribution in [0.2, 0.25) is 5.02 Å². The molecule has 0 aliphatic heterocycles. The van der Waals surface area contributed by atoms with E-state index in [2.05, 4.69) is 4.98 Å². The van der Waals surface area contributed by atoms with Gasteiger partial charge in [-0.1, -0.05) is 41.9 Å². The zero-order chi connectivity index (χ0) is 21.5. The number of hydrogen-bond donors (Lipinski definition) is 0. The van der Waals surface area contributed by atoms with E-state index in [1.807, 2.05) is 24.3 Å². The summed E-state index contributed by atoms with van der Waals surface area (Å²) in [6.45, 7) is 1.41. The van der Waals surface area contributed by atoms with Crippen LogP contribution in [0.3, 0.4) is 0 Å². The van der Waals surface area contributed by atoms with Crippen molar-refractivity contribution in [3.8, 4) is 11.8 Å². The van der Waals surface area contributed by atoms with Crippen LogP contribution in [-0.4, -0.2) is 23.3 Å². The first-order chi connectivity index (χ1) is 14.5. The fraction of sp³-hybridized carbons (Fsp3) is 0.182. The monoisotopic (exact) mass is 440 g/mol. The SMILES string of the molecule is Cc1csc(C(C#N)C(=O)COC(=O)c2ccccc2OCc2ccccc2Cl)n1. The van der Waals surface area contributed by atoms with Gasteiger partial charge >= 0.3 is 5.97 Å². The third-order valence-electron chi connectivity index (χ3n) is 4.13. The number of nitriles is 1. The van der Waals surface area contributed by atoms with Crippen molar-refractivity contribution in [1.29, 1.82) is 5.26 Å². The number of aromatic nitrogens is 1. The van der Waals surface area contributed by atoms with Gasteiger partial charge in [-0.3, -0.25) is 4.79 Å². The molecule has 0 aliphatic rings. The Balaban J connectivity index is 1.65. The number of halogens is 1. The number of ketones is 1. The van der Waals surface area contributed by atoms with E-state index in [-0.39, 0.29) is 12.2 Å². The van der Waals surface area contributed by atoms with E-state index in [1.54, 1.807) is 42.6 Å². The number of ether oxygens (including phenoxy) is 2. The standard InChI is InChI=1S/C22H17ClN2O4S/c1-14-13-30-21(25-14)17(10-24)19(26)12-29-22(27)16-7-3-5-9-20(16)28-11-15-6-2-4-8-18(15)23/h2-9,13,17H,11-12H2,1H3. The van der Waals surface area contributed by atoms with E-state index in [9.17, 15) is 14.9 Å². The van der Waals surface area contributed by atoms with E-state index in [0.717, 1.165) is 11.3 Å². The zero-order valence-corrected chi connectivity index (χ0v) is 17.6. The van der Waals surface area contributed by atoms with Gasteiger partial charge in [0.25, 0.3) is 0 Å². The number of carbonyl (C=O) groups is 2. The Hall–Kier alpha value is -3.21. The topological polar surface area (TPSA) is 89.3 Å². The molecule has 3 rings (SSSR count). The highest BCUT2D eigenvalue weighted by atomic mass is 35.5. The average molecular weight is 441 g/mol. The first-order valence-electron chi connectivity index (χ1n) is 8.96. The van der Waals surface area contributed by atoms with E-state index in [0.29, 0.717) is 15.8 Å². The summed E-state index contributed by atoms with van der Waals surface area (Å²) in [6, 6.07) is 15.7. The maximum Gasteiger partial charge on any atom is 0.342 e. The first-order valence-corrected chi connectivity index (χ1v) is 10.2. The maximum atomic E-state index is 12.5. The average Bonchev–Trinajstić information content (AvgIpc) is 3.18. The van der Waals surface area contributed by atoms with Crippen molar-refractivity contribution >= 4 is 34.7 Å². The second-order valence-electron chi connectivity index (χ2n) is 6.31. The Kier molecular flexibility index (Phi) is 7.17. The quantitative estimate of drug-likeness (QED) is 0.471. The second-order valence-corrected chi connectivity index (χ2v) is 7.60. The van der Waals surface area contributed by atoms with Gasteiger partial charge < -0.3 is 9.47 Å². The van der Waals surface area contributed by atoms with Crippen LogP contribution in [0.1, 0.15) is 32.5 Å². The number of thiazole rings is 1. The Morgan fingerprint density at radius 3 is 2.63 bits per heavy atom. The van der Waals surface area contributed by atoms with Gasteiger partial charge in [-0.15, -0.1) is 11.3 Å². The molecule has 0 N–H and O–H groups in total. The lowest BCUT2D eigenvalue weighted by molar-refractivity contribution is -0.122. The lowest BCUT2D eigenvalue weighted by atomic mass is 10.1. The minimum atomic E-state index is -1.07. The van der Waals surface area contributed by atoms with E-state index < -0.39 is 24.3 Å². The Morgan fingerprint density at radius 1 is 1.20 bits per heavy atom. The molecule has 1 heterocycles. The van der Waals surface area contributed by atoms with Gasteiger partial charge in [-0.25, -0.2) is 9.78 Å². The van der Waals surface area contributed by atoms with Crippen LogP contribution < -0.4 is 4.74 Å². The highest BCUT2D eigenvalue weighted by molar-refractivity contribution is 7.09. The number of nitrogens with zero attached hydrogens (tertiary/aromatic N) is 2. The Morgan fingerprint density at radius 2 is 1.93 bits per heavy atom. The summed E-state index contributed by atoms with van der Waals surface area (Å²) in [7, 11) is 0. The summed E-state index contributed by atoms with van der Waals surface area (Å²) < 4.78 is 10.9. The summed E-state index contributed by atoms with van der Waals surface area (Å²) in [5, 5.41) is 12.0. The van der Waals surface area contributed by atoms with Crippen LogP contribution in [0.4, 0.5) is 0 Å². The van der Waals surface area contributed by atoms with Crippen LogP contribution in [0, 0.1) is 18.3 Å². The smallest absolute Gasteiger partial charge is 0.342 e. The van der Waals surface area contributed by atoms with Crippen LogP contribution >= 0.6 is 22.9 Å². The molecule has 0 radical (unpaired) electrons. The predicted octanol–water partition coefficient (Wildman–Crippen LogP) is 4.72. The number of benzene rings is 2. The molecule has 0 fully saturated rings. The van der Waals surface area contributed by atoms with Gasteiger partial charge in [0.05, 0.1) is 6.07 Å². The summed E-state index contributed by atoms with van der Waals surface area (Å²) in [5.41, 5.74) is 1.67. The van der Waals surface area contributed by atoms with Gasteiger partial charge in [0.15, 0.2) is 18.3 Å². The van der Waals surface area contributed by atoms with E-state index >= 15 is 0 Å². The molecule has 30 heavy (non-hydrogen) atoms. The molecule has 3 aromatic rings. The number of aryl methyl sites for hydroxylation is 1. The molecule has 0 spiro atoms. The zero-order valence-electron chi connectivity index (χ0n) is 16.0. The lowest BCUT2D eigenvalue weighted by Gasteiger charge is -2.12. The predicted molar refractivity (Wildman–Crippen MR) is 113 cm³/mol. The molecule has 6 nitrogen and oxygen atoms in total. The third-order valence-corrected chi connectivity index (χ3v) is 5.52. The van der Waals surface area contributed by atoms with Gasteiger partial charge in [0.2, 0.25) is 0 Å². The summed E-state index contributed by atoms with van der Waals surface area (Å²) >= 11 is 7.36. The normalized spacial score (nSPS) is 11.4.